The molecule has 0 aromatic heterocycles. The molecular formula is C15H22OS. The van der Waals surface area contributed by atoms with Crippen molar-refractivity contribution in [1.82, 2.24) is 0 Å². The molecule has 94 valence electrons. The first-order valence-electron chi connectivity index (χ1n) is 6.51. The van der Waals surface area contributed by atoms with Gasteiger partial charge in [-0.3, -0.25) is 0 Å². The highest BCUT2D eigenvalue weighted by Gasteiger charge is 2.31. The second-order valence-corrected chi connectivity index (χ2v) is 6.53. The van der Waals surface area contributed by atoms with Crippen LogP contribution in [0.5, 0.6) is 0 Å². The van der Waals surface area contributed by atoms with E-state index in [2.05, 4.69) is 38.1 Å². The Kier molecular flexibility index (Phi) is 4.16. The summed E-state index contributed by atoms with van der Waals surface area (Å²) < 4.78 is 0. The van der Waals surface area contributed by atoms with Crippen molar-refractivity contribution in [2.24, 2.45) is 5.41 Å². The summed E-state index contributed by atoms with van der Waals surface area (Å²) in [4.78, 5) is 1.44. The summed E-state index contributed by atoms with van der Waals surface area (Å²) in [7, 11) is 0. The van der Waals surface area contributed by atoms with Crippen molar-refractivity contribution >= 4 is 11.8 Å². The third-order valence-corrected chi connectivity index (χ3v) is 5.03. The third-order valence-electron chi connectivity index (χ3n) is 3.77. The Hall–Kier alpha value is -0.470. The summed E-state index contributed by atoms with van der Waals surface area (Å²) in [6.07, 6.45) is 3.38. The summed E-state index contributed by atoms with van der Waals surface area (Å²) in [5.41, 5.74) is 1.59. The molecule has 1 aromatic rings. The van der Waals surface area contributed by atoms with Crippen LogP contribution >= 0.6 is 11.8 Å². The van der Waals surface area contributed by atoms with Crippen LogP contribution in [0.1, 0.15) is 44.6 Å². The van der Waals surface area contributed by atoms with Crippen LogP contribution in [-0.4, -0.2) is 17.5 Å². The van der Waals surface area contributed by atoms with E-state index in [1.807, 2.05) is 11.8 Å². The maximum absolute atomic E-state index is 9.62. The summed E-state index contributed by atoms with van der Waals surface area (Å²) in [6.45, 7) is 4.73. The van der Waals surface area contributed by atoms with Crippen molar-refractivity contribution in [1.29, 1.82) is 0 Å². The van der Waals surface area contributed by atoms with Crippen molar-refractivity contribution in [2.75, 3.05) is 12.4 Å². The predicted molar refractivity (Wildman–Crippen MR) is 74.6 cm³/mol. The number of rotatable bonds is 5. The van der Waals surface area contributed by atoms with Crippen LogP contribution in [0.15, 0.2) is 29.2 Å². The van der Waals surface area contributed by atoms with Crippen LogP contribution in [0.2, 0.25) is 0 Å². The number of fused-ring (bicyclic) bond motifs is 1. The van der Waals surface area contributed by atoms with E-state index in [0.717, 1.165) is 19.3 Å². The maximum atomic E-state index is 9.62. The van der Waals surface area contributed by atoms with Crippen molar-refractivity contribution in [3.8, 4) is 0 Å². The Morgan fingerprint density at radius 1 is 1.41 bits per heavy atom. The van der Waals surface area contributed by atoms with E-state index in [0.29, 0.717) is 12.5 Å². The van der Waals surface area contributed by atoms with Gasteiger partial charge in [0, 0.05) is 17.3 Å². The number of thioether (sulfide) groups is 1. The molecular weight excluding hydrogens is 228 g/mol. The highest BCUT2D eigenvalue weighted by atomic mass is 32.2. The first-order chi connectivity index (χ1) is 8.18. The number of benzene rings is 1. The van der Waals surface area contributed by atoms with Gasteiger partial charge in [0.2, 0.25) is 0 Å². The molecule has 2 atom stereocenters. The maximum Gasteiger partial charge on any atom is 0.0484 e. The normalized spacial score (nSPS) is 22.2. The minimum absolute atomic E-state index is 0.0947. The second kappa shape index (κ2) is 5.45. The van der Waals surface area contributed by atoms with Gasteiger partial charge in [-0.05, 0) is 35.8 Å². The van der Waals surface area contributed by atoms with Gasteiger partial charge in [-0.1, -0.05) is 38.5 Å². The lowest BCUT2D eigenvalue weighted by molar-refractivity contribution is 0.116. The largest absolute Gasteiger partial charge is 0.396 e. The number of aliphatic hydroxyl groups is 1. The summed E-state index contributed by atoms with van der Waals surface area (Å²) in [5.74, 6) is 1.80. The topological polar surface area (TPSA) is 20.2 Å². The average Bonchev–Trinajstić information content (AvgIpc) is 2.73. The van der Waals surface area contributed by atoms with Crippen LogP contribution in [0.25, 0.3) is 0 Å². The Morgan fingerprint density at radius 2 is 2.18 bits per heavy atom. The van der Waals surface area contributed by atoms with Crippen LogP contribution < -0.4 is 0 Å². The molecule has 0 radical (unpaired) electrons. The molecule has 1 aliphatic heterocycles. The lowest BCUT2D eigenvalue weighted by Gasteiger charge is -2.30. The molecule has 2 unspecified atom stereocenters. The molecule has 0 amide bonds. The molecule has 1 nitrogen and oxygen atoms in total. The Bertz CT molecular complexity index is 377. The number of hydrogen-bond acceptors (Lipinski definition) is 2. The minimum atomic E-state index is 0.0947. The van der Waals surface area contributed by atoms with E-state index in [1.54, 1.807) is 0 Å². The zero-order valence-electron chi connectivity index (χ0n) is 10.8. The molecule has 1 N–H and O–H groups in total. The fourth-order valence-electron chi connectivity index (χ4n) is 2.84. The van der Waals surface area contributed by atoms with Crippen LogP contribution in [0.4, 0.5) is 0 Å². The SMILES string of the molecule is CCCC(C)(CO)CC1CSc2ccccc21. The zero-order valence-corrected chi connectivity index (χ0v) is 11.6. The van der Waals surface area contributed by atoms with Crippen molar-refractivity contribution in [3.05, 3.63) is 29.8 Å². The molecule has 1 aliphatic rings. The van der Waals surface area contributed by atoms with Crippen LogP contribution in [0, 0.1) is 5.41 Å². The van der Waals surface area contributed by atoms with E-state index in [1.165, 1.54) is 16.2 Å². The van der Waals surface area contributed by atoms with Gasteiger partial charge in [0.1, 0.15) is 0 Å². The lowest BCUT2D eigenvalue weighted by Crippen LogP contribution is -2.24. The van der Waals surface area contributed by atoms with E-state index in [-0.39, 0.29) is 5.41 Å². The molecule has 1 heterocycles. The molecule has 2 heteroatoms. The fourth-order valence-corrected chi connectivity index (χ4v) is 4.10. The quantitative estimate of drug-likeness (QED) is 0.850. The van der Waals surface area contributed by atoms with Gasteiger partial charge in [0.25, 0.3) is 0 Å². The van der Waals surface area contributed by atoms with Gasteiger partial charge in [-0.2, -0.15) is 0 Å². The zero-order chi connectivity index (χ0) is 12.3. The highest BCUT2D eigenvalue weighted by molar-refractivity contribution is 7.99. The monoisotopic (exact) mass is 250 g/mol. The van der Waals surface area contributed by atoms with Crippen molar-refractivity contribution in [2.45, 2.75) is 43.9 Å². The molecule has 0 fully saturated rings. The Balaban J connectivity index is 2.10. The van der Waals surface area contributed by atoms with Gasteiger partial charge < -0.3 is 5.11 Å². The standard InChI is InChI=1S/C15H22OS/c1-3-8-15(2,11-16)9-12-10-17-14-7-5-4-6-13(12)14/h4-7,12,16H,3,8-11H2,1-2H3. The van der Waals surface area contributed by atoms with E-state index in [9.17, 15) is 5.11 Å². The van der Waals surface area contributed by atoms with Gasteiger partial charge in [0.15, 0.2) is 0 Å². The van der Waals surface area contributed by atoms with Gasteiger partial charge >= 0.3 is 0 Å². The van der Waals surface area contributed by atoms with Crippen LogP contribution in [0.3, 0.4) is 0 Å². The van der Waals surface area contributed by atoms with E-state index in [4.69, 9.17) is 0 Å². The summed E-state index contributed by atoms with van der Waals surface area (Å²) >= 11 is 1.96. The van der Waals surface area contributed by atoms with Crippen molar-refractivity contribution in [3.63, 3.8) is 0 Å². The third kappa shape index (κ3) is 2.86. The molecule has 0 saturated carbocycles. The Labute approximate surface area is 109 Å². The lowest BCUT2D eigenvalue weighted by atomic mass is 9.77. The number of hydrogen-bond donors (Lipinski definition) is 1. The molecule has 17 heavy (non-hydrogen) atoms. The molecule has 0 spiro atoms. The molecule has 2 rings (SSSR count). The molecule has 0 bridgehead atoms. The predicted octanol–water partition coefficient (Wildman–Crippen LogP) is 4.06. The van der Waals surface area contributed by atoms with Gasteiger partial charge in [-0.25, -0.2) is 0 Å². The Morgan fingerprint density at radius 3 is 2.88 bits per heavy atom. The van der Waals surface area contributed by atoms with E-state index < -0.39 is 0 Å². The number of aliphatic hydroxyl groups excluding tert-OH is 1. The first kappa shape index (κ1) is 13.0. The molecule has 1 aromatic carbocycles. The van der Waals surface area contributed by atoms with Crippen molar-refractivity contribution < 1.29 is 5.11 Å². The van der Waals surface area contributed by atoms with Crippen LogP contribution in [-0.2, 0) is 0 Å². The molecule has 0 saturated heterocycles. The van der Waals surface area contributed by atoms with E-state index >= 15 is 0 Å². The summed E-state index contributed by atoms with van der Waals surface area (Å²) in [6, 6.07) is 8.72. The smallest absolute Gasteiger partial charge is 0.0484 e. The average molecular weight is 250 g/mol. The van der Waals surface area contributed by atoms with Gasteiger partial charge in [0.05, 0.1) is 0 Å². The summed E-state index contributed by atoms with van der Waals surface area (Å²) in [5, 5.41) is 9.62. The molecule has 0 aliphatic carbocycles. The first-order valence-corrected chi connectivity index (χ1v) is 7.49. The fraction of sp³-hybridized carbons (Fsp3) is 0.600. The second-order valence-electron chi connectivity index (χ2n) is 5.47. The van der Waals surface area contributed by atoms with Gasteiger partial charge in [-0.15, -0.1) is 11.8 Å². The minimum Gasteiger partial charge on any atom is -0.396 e. The highest BCUT2D eigenvalue weighted by Crippen LogP contribution is 2.45.